The number of hydrogen-bond donors (Lipinski definition) is 2. The Labute approximate surface area is 177 Å². The number of hydrogen-bond acceptors (Lipinski definition) is 4. The van der Waals surface area contributed by atoms with Gasteiger partial charge in [-0.15, -0.1) is 0 Å². The van der Waals surface area contributed by atoms with Crippen molar-refractivity contribution in [1.82, 2.24) is 14.9 Å². The highest BCUT2D eigenvalue weighted by Crippen LogP contribution is 2.26. The van der Waals surface area contributed by atoms with Gasteiger partial charge in [-0.3, -0.25) is 0 Å². The zero-order valence-electron chi connectivity index (χ0n) is 17.9. The zero-order chi connectivity index (χ0) is 21.7. The molecule has 1 fully saturated rings. The van der Waals surface area contributed by atoms with Gasteiger partial charge in [0.05, 0.1) is 5.75 Å². The van der Waals surface area contributed by atoms with Crippen molar-refractivity contribution in [3.05, 3.63) is 35.3 Å². The first-order chi connectivity index (χ1) is 14.3. The summed E-state index contributed by atoms with van der Waals surface area (Å²) in [5.74, 6) is 1.28. The lowest BCUT2D eigenvalue weighted by molar-refractivity contribution is 0.306. The first-order valence-corrected chi connectivity index (χ1v) is 12.1. The van der Waals surface area contributed by atoms with E-state index in [2.05, 4.69) is 15.6 Å². The molecule has 2 heterocycles. The number of nitrogens with one attached hydrogen (secondary N) is 2. The van der Waals surface area contributed by atoms with Crippen molar-refractivity contribution in [3.63, 3.8) is 0 Å². The molecule has 0 amide bonds. The zero-order valence-corrected chi connectivity index (χ0v) is 18.7. The summed E-state index contributed by atoms with van der Waals surface area (Å²) in [5.41, 5.74) is 1.54. The smallest absolute Gasteiger partial charge is 0.214 e. The molecule has 9 heteroatoms. The summed E-state index contributed by atoms with van der Waals surface area (Å²) in [6, 6.07) is 4.65. The minimum absolute atomic E-state index is 0.154. The van der Waals surface area contributed by atoms with Crippen molar-refractivity contribution in [3.8, 4) is 0 Å². The lowest BCUT2D eigenvalue weighted by Gasteiger charge is -2.32. The highest BCUT2D eigenvalue weighted by atomic mass is 32.2. The molecule has 0 bridgehead atoms. The Morgan fingerprint density at radius 3 is 2.70 bits per heavy atom. The van der Waals surface area contributed by atoms with Gasteiger partial charge < -0.3 is 15.1 Å². The number of fused-ring (bicyclic) bond motifs is 1. The standard InChI is InChI=1S/C21H31FN4O3S/c1-4-12-30(27,28)26-10-8-17(9-11-26)25-21(23-5-2)24-14-20-15(3)18-13-16(22)6-7-19(18)29-20/h6-7,13,17H,4-5,8-12,14H2,1-3H3,(H2,23,24,25). The monoisotopic (exact) mass is 438 g/mol. The second kappa shape index (κ2) is 9.78. The second-order valence-corrected chi connectivity index (χ2v) is 9.71. The van der Waals surface area contributed by atoms with Crippen molar-refractivity contribution in [2.45, 2.75) is 52.6 Å². The number of rotatable bonds is 7. The van der Waals surface area contributed by atoms with E-state index in [1.165, 1.54) is 12.1 Å². The van der Waals surface area contributed by atoms with Crippen LogP contribution in [0.15, 0.2) is 27.6 Å². The van der Waals surface area contributed by atoms with Crippen molar-refractivity contribution in [2.24, 2.45) is 4.99 Å². The molecule has 166 valence electrons. The molecule has 2 N–H and O–H groups in total. The summed E-state index contributed by atoms with van der Waals surface area (Å²) in [4.78, 5) is 4.63. The van der Waals surface area contributed by atoms with Gasteiger partial charge in [0.2, 0.25) is 10.0 Å². The number of halogens is 1. The van der Waals surface area contributed by atoms with Crippen molar-refractivity contribution < 1.29 is 17.2 Å². The third-order valence-electron chi connectivity index (χ3n) is 5.37. The molecular formula is C21H31FN4O3S. The Kier molecular flexibility index (Phi) is 7.36. The topological polar surface area (TPSA) is 86.9 Å². The number of nitrogens with zero attached hydrogens (tertiary/aromatic N) is 2. The summed E-state index contributed by atoms with van der Waals surface area (Å²) in [7, 11) is -3.14. The molecule has 1 aromatic carbocycles. The normalized spacial score (nSPS) is 16.9. The van der Waals surface area contributed by atoms with E-state index in [4.69, 9.17) is 4.42 Å². The molecule has 0 unspecified atom stereocenters. The van der Waals surface area contributed by atoms with Crippen LogP contribution in [0.4, 0.5) is 4.39 Å². The molecule has 3 rings (SSSR count). The van der Waals surface area contributed by atoms with Crippen molar-refractivity contribution in [1.29, 1.82) is 0 Å². The van der Waals surface area contributed by atoms with E-state index >= 15 is 0 Å². The number of sulfonamides is 1. The van der Waals surface area contributed by atoms with Crippen LogP contribution in [0.2, 0.25) is 0 Å². The summed E-state index contributed by atoms with van der Waals surface area (Å²) in [5, 5.41) is 7.40. The van der Waals surface area contributed by atoms with Gasteiger partial charge in [0.25, 0.3) is 0 Å². The molecule has 1 aromatic heterocycles. The van der Waals surface area contributed by atoms with Gasteiger partial charge >= 0.3 is 0 Å². The number of benzene rings is 1. The van der Waals surface area contributed by atoms with Gasteiger partial charge in [-0.1, -0.05) is 6.92 Å². The Morgan fingerprint density at radius 2 is 2.03 bits per heavy atom. The van der Waals surface area contributed by atoms with Crippen molar-refractivity contribution >= 4 is 27.0 Å². The van der Waals surface area contributed by atoms with Gasteiger partial charge in [0, 0.05) is 36.6 Å². The van der Waals surface area contributed by atoms with Crippen LogP contribution in [0.5, 0.6) is 0 Å². The van der Waals surface area contributed by atoms with Crippen LogP contribution in [0.1, 0.15) is 44.4 Å². The van der Waals surface area contributed by atoms with Crippen LogP contribution in [-0.2, 0) is 16.6 Å². The fraction of sp³-hybridized carbons (Fsp3) is 0.571. The molecular weight excluding hydrogens is 407 g/mol. The Morgan fingerprint density at radius 1 is 1.30 bits per heavy atom. The van der Waals surface area contributed by atoms with E-state index in [0.717, 1.165) is 23.8 Å². The predicted octanol–water partition coefficient (Wildman–Crippen LogP) is 3.14. The number of aliphatic imine (C=N–C) groups is 1. The van der Waals surface area contributed by atoms with E-state index in [9.17, 15) is 12.8 Å². The maximum absolute atomic E-state index is 13.5. The number of guanidine groups is 1. The van der Waals surface area contributed by atoms with Gasteiger partial charge in [-0.25, -0.2) is 22.1 Å². The molecule has 2 aromatic rings. The Hall–Kier alpha value is -2.13. The van der Waals surface area contributed by atoms with E-state index in [1.807, 2.05) is 20.8 Å². The largest absolute Gasteiger partial charge is 0.459 e. The van der Waals surface area contributed by atoms with Crippen LogP contribution in [0.25, 0.3) is 11.0 Å². The molecule has 1 saturated heterocycles. The van der Waals surface area contributed by atoms with E-state index in [-0.39, 0.29) is 17.6 Å². The molecule has 0 saturated carbocycles. The highest BCUT2D eigenvalue weighted by molar-refractivity contribution is 7.89. The third-order valence-corrected chi connectivity index (χ3v) is 7.45. The molecule has 7 nitrogen and oxygen atoms in total. The van der Waals surface area contributed by atoms with Gasteiger partial charge in [-0.2, -0.15) is 0 Å². The SMILES string of the molecule is CCCS(=O)(=O)N1CCC(NC(=NCc2oc3ccc(F)cc3c2C)NCC)CC1. The van der Waals surface area contributed by atoms with Crippen LogP contribution in [0.3, 0.4) is 0 Å². The molecule has 0 radical (unpaired) electrons. The number of aryl methyl sites for hydroxylation is 1. The second-order valence-electron chi connectivity index (χ2n) is 7.62. The van der Waals surface area contributed by atoms with Crippen LogP contribution in [-0.4, -0.2) is 50.1 Å². The average Bonchev–Trinajstić information content (AvgIpc) is 3.02. The summed E-state index contributed by atoms with van der Waals surface area (Å²) in [6.07, 6.45) is 2.10. The lowest BCUT2D eigenvalue weighted by atomic mass is 10.1. The predicted molar refractivity (Wildman–Crippen MR) is 118 cm³/mol. The van der Waals surface area contributed by atoms with Crippen molar-refractivity contribution in [2.75, 3.05) is 25.4 Å². The third kappa shape index (κ3) is 5.31. The average molecular weight is 439 g/mol. The molecule has 1 aliphatic rings. The fourth-order valence-corrected chi connectivity index (χ4v) is 5.27. The molecule has 30 heavy (non-hydrogen) atoms. The lowest BCUT2D eigenvalue weighted by Crippen LogP contribution is -2.50. The van der Waals surface area contributed by atoms with Gasteiger partial charge in [0.1, 0.15) is 23.7 Å². The maximum atomic E-state index is 13.5. The highest BCUT2D eigenvalue weighted by Gasteiger charge is 2.27. The summed E-state index contributed by atoms with van der Waals surface area (Å²) in [6.45, 7) is 7.86. The first-order valence-electron chi connectivity index (χ1n) is 10.5. The Bertz CT molecular complexity index is 995. The van der Waals surface area contributed by atoms with Gasteiger partial charge in [0.15, 0.2) is 5.96 Å². The first kappa shape index (κ1) is 22.6. The molecule has 0 spiro atoms. The molecule has 0 aliphatic carbocycles. The van der Waals surface area contributed by atoms with Crippen LogP contribution in [0, 0.1) is 12.7 Å². The van der Waals surface area contributed by atoms with E-state index in [0.29, 0.717) is 49.9 Å². The van der Waals surface area contributed by atoms with E-state index in [1.54, 1.807) is 10.4 Å². The van der Waals surface area contributed by atoms with E-state index < -0.39 is 10.0 Å². The minimum Gasteiger partial charge on any atom is -0.459 e. The van der Waals surface area contributed by atoms with Crippen LogP contribution < -0.4 is 10.6 Å². The van der Waals surface area contributed by atoms with Gasteiger partial charge in [-0.05, 0) is 51.3 Å². The molecule has 0 atom stereocenters. The van der Waals surface area contributed by atoms with Crippen LogP contribution >= 0.6 is 0 Å². The summed E-state index contributed by atoms with van der Waals surface area (Å²) < 4.78 is 45.4. The summed E-state index contributed by atoms with van der Waals surface area (Å²) >= 11 is 0. The number of piperidine rings is 1. The minimum atomic E-state index is -3.14. The Balaban J connectivity index is 1.64. The quantitative estimate of drug-likeness (QED) is 0.512. The fourth-order valence-electron chi connectivity index (χ4n) is 3.72. The maximum Gasteiger partial charge on any atom is 0.214 e. The molecule has 1 aliphatic heterocycles. The number of furan rings is 1.